The molecule has 3 N–H and O–H groups in total. The molecule has 1 heterocycles. The van der Waals surface area contributed by atoms with Crippen LogP contribution in [0.1, 0.15) is 18.4 Å². The summed E-state index contributed by atoms with van der Waals surface area (Å²) in [5.41, 5.74) is 2.24. The molecule has 1 fully saturated rings. The maximum Gasteiger partial charge on any atom is 0.336 e. The van der Waals surface area contributed by atoms with Crippen molar-refractivity contribution in [3.63, 3.8) is 0 Å². The molecule has 1 saturated carbocycles. The fourth-order valence-corrected chi connectivity index (χ4v) is 3.20. The van der Waals surface area contributed by atoms with E-state index in [1.807, 2.05) is 30.3 Å². The number of hydrogen-bond donors (Lipinski definition) is 2. The lowest BCUT2D eigenvalue weighted by molar-refractivity contribution is -0.683. The first-order valence-corrected chi connectivity index (χ1v) is 8.38. The molecule has 3 aromatic rings. The van der Waals surface area contributed by atoms with Crippen LogP contribution < -0.4 is 10.9 Å². The third-order valence-corrected chi connectivity index (χ3v) is 4.71. The Kier molecular flexibility index (Phi) is 3.79. The summed E-state index contributed by atoms with van der Waals surface area (Å²) < 4.78 is 5.45. The molecule has 0 saturated heterocycles. The van der Waals surface area contributed by atoms with Crippen molar-refractivity contribution in [3.05, 3.63) is 63.5 Å². The van der Waals surface area contributed by atoms with E-state index in [1.54, 1.807) is 6.07 Å². The fourth-order valence-electron chi connectivity index (χ4n) is 2.98. The molecular weight excluding hydrogens is 326 g/mol. The summed E-state index contributed by atoms with van der Waals surface area (Å²) in [6.45, 7) is 0.536. The maximum atomic E-state index is 12.1. The molecule has 0 atom stereocenters. The summed E-state index contributed by atoms with van der Waals surface area (Å²) in [7, 11) is 0. The third kappa shape index (κ3) is 2.79. The Hall–Kier alpha value is -2.30. The number of halogens is 1. The van der Waals surface area contributed by atoms with Crippen molar-refractivity contribution in [1.82, 2.24) is 0 Å². The van der Waals surface area contributed by atoms with Gasteiger partial charge in [0.25, 0.3) is 0 Å². The first-order valence-electron chi connectivity index (χ1n) is 8.00. The summed E-state index contributed by atoms with van der Waals surface area (Å²) in [5.74, 6) is -0.00516. The van der Waals surface area contributed by atoms with Crippen LogP contribution in [-0.2, 0) is 6.54 Å². The van der Waals surface area contributed by atoms with Gasteiger partial charge in [-0.05, 0) is 17.2 Å². The molecule has 122 valence electrons. The van der Waals surface area contributed by atoms with Crippen molar-refractivity contribution >= 4 is 22.6 Å². The molecule has 1 aromatic heterocycles. The summed E-state index contributed by atoms with van der Waals surface area (Å²) in [4.78, 5) is 12.1. The number of benzene rings is 2. The highest BCUT2D eigenvalue weighted by Gasteiger charge is 2.27. The van der Waals surface area contributed by atoms with Gasteiger partial charge in [0.2, 0.25) is 0 Å². The van der Waals surface area contributed by atoms with Gasteiger partial charge in [-0.2, -0.15) is 0 Å². The quantitative estimate of drug-likeness (QED) is 0.716. The second-order valence-corrected chi connectivity index (χ2v) is 6.59. The normalized spacial score (nSPS) is 14.2. The van der Waals surface area contributed by atoms with Crippen molar-refractivity contribution in [1.29, 1.82) is 0 Å². The molecule has 0 unspecified atom stereocenters. The maximum absolute atomic E-state index is 12.1. The van der Waals surface area contributed by atoms with E-state index in [1.165, 1.54) is 18.9 Å². The lowest BCUT2D eigenvalue weighted by Gasteiger charge is -2.12. The number of aromatic hydroxyl groups is 1. The van der Waals surface area contributed by atoms with Crippen LogP contribution in [0.3, 0.4) is 0 Å². The average molecular weight is 343 g/mol. The van der Waals surface area contributed by atoms with Gasteiger partial charge < -0.3 is 14.8 Å². The summed E-state index contributed by atoms with van der Waals surface area (Å²) in [6.07, 6.45) is 2.36. The number of phenolic OH excluding ortho intramolecular Hbond substituents is 1. The number of fused-ring (bicyclic) bond motifs is 1. The van der Waals surface area contributed by atoms with E-state index >= 15 is 0 Å². The van der Waals surface area contributed by atoms with Gasteiger partial charge >= 0.3 is 5.63 Å². The number of rotatable bonds is 4. The highest BCUT2D eigenvalue weighted by atomic mass is 35.5. The average Bonchev–Trinajstić information content (AvgIpc) is 3.40. The summed E-state index contributed by atoms with van der Waals surface area (Å²) >= 11 is 6.24. The van der Waals surface area contributed by atoms with E-state index in [0.717, 1.165) is 16.5 Å². The topological polar surface area (TPSA) is 67.0 Å². The molecule has 0 spiro atoms. The highest BCUT2D eigenvalue weighted by molar-refractivity contribution is 6.33. The molecule has 1 aliphatic carbocycles. The van der Waals surface area contributed by atoms with Crippen molar-refractivity contribution in [2.45, 2.75) is 25.4 Å². The van der Waals surface area contributed by atoms with Crippen LogP contribution >= 0.6 is 11.6 Å². The smallest absolute Gasteiger partial charge is 0.336 e. The Morgan fingerprint density at radius 1 is 1.21 bits per heavy atom. The Balaban J connectivity index is 1.96. The largest absolute Gasteiger partial charge is 0.506 e. The Morgan fingerprint density at radius 3 is 2.67 bits per heavy atom. The van der Waals surface area contributed by atoms with E-state index in [9.17, 15) is 9.90 Å². The van der Waals surface area contributed by atoms with Crippen molar-refractivity contribution in [2.24, 2.45) is 0 Å². The minimum Gasteiger partial charge on any atom is -0.506 e. The van der Waals surface area contributed by atoms with Crippen LogP contribution in [0.4, 0.5) is 0 Å². The zero-order chi connectivity index (χ0) is 16.7. The van der Waals surface area contributed by atoms with Crippen molar-refractivity contribution in [2.75, 3.05) is 0 Å². The van der Waals surface area contributed by atoms with Crippen LogP contribution in [0.15, 0.2) is 51.7 Å². The fraction of sp³-hybridized carbons (Fsp3) is 0.211. The summed E-state index contributed by atoms with van der Waals surface area (Å²) in [5, 5.41) is 13.5. The first-order chi connectivity index (χ1) is 11.6. The van der Waals surface area contributed by atoms with Gasteiger partial charge in [-0.15, -0.1) is 0 Å². The second-order valence-electron chi connectivity index (χ2n) is 6.18. The minimum absolute atomic E-state index is 0.00516. The molecule has 0 amide bonds. The van der Waals surface area contributed by atoms with Crippen molar-refractivity contribution < 1.29 is 14.8 Å². The third-order valence-electron chi connectivity index (χ3n) is 4.42. The Morgan fingerprint density at radius 2 is 1.96 bits per heavy atom. The number of nitrogens with two attached hydrogens (primary N) is 1. The number of hydrogen-bond acceptors (Lipinski definition) is 3. The highest BCUT2D eigenvalue weighted by Crippen LogP contribution is 2.37. The van der Waals surface area contributed by atoms with E-state index in [4.69, 9.17) is 16.0 Å². The molecule has 0 aliphatic heterocycles. The lowest BCUT2D eigenvalue weighted by atomic mass is 9.99. The Labute approximate surface area is 143 Å². The Bertz CT molecular complexity index is 962. The van der Waals surface area contributed by atoms with Crippen LogP contribution in [0.5, 0.6) is 5.75 Å². The molecule has 0 bridgehead atoms. The van der Waals surface area contributed by atoms with E-state index < -0.39 is 5.63 Å². The molecule has 4 nitrogen and oxygen atoms in total. The van der Waals surface area contributed by atoms with E-state index in [2.05, 4.69) is 5.32 Å². The van der Waals surface area contributed by atoms with Gasteiger partial charge in [0.1, 0.15) is 12.3 Å². The first kappa shape index (κ1) is 15.2. The van der Waals surface area contributed by atoms with Gasteiger partial charge in [-0.1, -0.05) is 41.9 Å². The van der Waals surface area contributed by atoms with Gasteiger partial charge in [0, 0.05) is 24.3 Å². The second kappa shape index (κ2) is 5.96. The molecule has 2 aromatic carbocycles. The zero-order valence-electron chi connectivity index (χ0n) is 13.0. The zero-order valence-corrected chi connectivity index (χ0v) is 13.7. The standard InChI is InChI=1S/C19H16ClNO3/c20-16-8-14-13(11-4-2-1-3-5-11)9-17(22)24-19(14)15(18(16)23)10-21-12-6-7-12/h1-5,8-9,12,21,23H,6-7,10H2/p+1. The molecular formula is C19H17ClNO3+. The lowest BCUT2D eigenvalue weighted by Crippen LogP contribution is -2.84. The van der Waals surface area contributed by atoms with Gasteiger partial charge in [0.05, 0.1) is 16.6 Å². The van der Waals surface area contributed by atoms with Crippen LogP contribution in [-0.4, -0.2) is 11.1 Å². The van der Waals surface area contributed by atoms with Gasteiger partial charge in [-0.3, -0.25) is 0 Å². The van der Waals surface area contributed by atoms with Gasteiger partial charge in [-0.25, -0.2) is 4.79 Å². The number of quaternary nitrogens is 1. The van der Waals surface area contributed by atoms with Crippen LogP contribution in [0, 0.1) is 0 Å². The van der Waals surface area contributed by atoms with Crippen LogP contribution in [0.2, 0.25) is 5.02 Å². The van der Waals surface area contributed by atoms with Gasteiger partial charge in [0.15, 0.2) is 5.58 Å². The van der Waals surface area contributed by atoms with Crippen LogP contribution in [0.25, 0.3) is 22.1 Å². The molecule has 0 radical (unpaired) electrons. The molecule has 5 heteroatoms. The molecule has 4 rings (SSSR count). The SMILES string of the molecule is O=c1cc(-c2ccccc2)c2cc(Cl)c(O)c(C[NH2+]C3CC3)c2o1. The summed E-state index contributed by atoms with van der Waals surface area (Å²) in [6, 6.07) is 13.3. The monoisotopic (exact) mass is 342 g/mol. The van der Waals surface area contributed by atoms with E-state index in [0.29, 0.717) is 23.7 Å². The van der Waals surface area contributed by atoms with E-state index in [-0.39, 0.29) is 10.8 Å². The molecule has 24 heavy (non-hydrogen) atoms. The molecule has 1 aliphatic rings. The predicted molar refractivity (Wildman–Crippen MR) is 93.2 cm³/mol. The van der Waals surface area contributed by atoms with Crippen molar-refractivity contribution in [3.8, 4) is 16.9 Å². The number of phenols is 1. The minimum atomic E-state index is -0.434. The predicted octanol–water partition coefficient (Wildman–Crippen LogP) is 3.04.